The van der Waals surface area contributed by atoms with Crippen LogP contribution < -0.4 is 24.8 Å². The normalized spacial score (nSPS) is 14.3. The van der Waals surface area contributed by atoms with Gasteiger partial charge in [0, 0.05) is 22.7 Å². The molecule has 3 aromatic carbocycles. The summed E-state index contributed by atoms with van der Waals surface area (Å²) in [4.78, 5) is 18.6. The van der Waals surface area contributed by atoms with Gasteiger partial charge < -0.3 is 24.8 Å². The predicted octanol–water partition coefficient (Wildman–Crippen LogP) is 5.83. The molecule has 1 unspecified atom stereocenters. The molecule has 2 heterocycles. The maximum atomic E-state index is 13.9. The number of thioether (sulfide) groups is 1. The summed E-state index contributed by atoms with van der Waals surface area (Å²) in [6, 6.07) is 20.4. The van der Waals surface area contributed by atoms with E-state index in [0.717, 1.165) is 11.3 Å². The topological polar surface area (TPSA) is 99.5 Å². The zero-order valence-electron chi connectivity index (χ0n) is 23.0. The maximum absolute atomic E-state index is 13.9. The molecule has 4 aromatic rings. The highest BCUT2D eigenvalue weighted by Gasteiger charge is 2.36. The Labute approximate surface area is 237 Å². The molecule has 0 saturated carbocycles. The highest BCUT2D eigenvalue weighted by molar-refractivity contribution is 7.98. The zero-order chi connectivity index (χ0) is 28.2. The van der Waals surface area contributed by atoms with Gasteiger partial charge >= 0.3 is 0 Å². The summed E-state index contributed by atoms with van der Waals surface area (Å²) in [7, 11) is 4.77. The molecule has 0 aliphatic carbocycles. The van der Waals surface area contributed by atoms with E-state index in [1.54, 1.807) is 62.0 Å². The number of methoxy groups -OCH3 is 3. The number of hydrogen-bond acceptors (Lipinski definition) is 8. The Bertz CT molecular complexity index is 1560. The molecule has 0 saturated heterocycles. The van der Waals surface area contributed by atoms with Crippen LogP contribution >= 0.6 is 11.8 Å². The average Bonchev–Trinajstić information content (AvgIpc) is 3.38. The van der Waals surface area contributed by atoms with E-state index in [2.05, 4.69) is 29.7 Å². The number of ether oxygens (including phenoxy) is 3. The maximum Gasteiger partial charge on any atom is 0.255 e. The van der Waals surface area contributed by atoms with Crippen molar-refractivity contribution in [2.75, 3.05) is 32.0 Å². The lowest BCUT2D eigenvalue weighted by molar-refractivity contribution is -0.113. The minimum absolute atomic E-state index is 0.277. The summed E-state index contributed by atoms with van der Waals surface area (Å²) in [5.41, 5.74) is 4.94. The summed E-state index contributed by atoms with van der Waals surface area (Å²) in [5.74, 6) is 2.77. The molecule has 9 nitrogen and oxygen atoms in total. The van der Waals surface area contributed by atoms with Gasteiger partial charge in [0.2, 0.25) is 11.1 Å². The van der Waals surface area contributed by atoms with Crippen molar-refractivity contribution >= 4 is 29.3 Å². The Morgan fingerprint density at radius 3 is 2.45 bits per heavy atom. The summed E-state index contributed by atoms with van der Waals surface area (Å²) in [6.45, 7) is 3.95. The average molecular weight is 558 g/mol. The fraction of sp³-hybridized carbons (Fsp3) is 0.233. The Morgan fingerprint density at radius 2 is 1.75 bits per heavy atom. The minimum Gasteiger partial charge on any atom is -0.497 e. The van der Waals surface area contributed by atoms with Gasteiger partial charge in [-0.25, -0.2) is 4.68 Å². The van der Waals surface area contributed by atoms with E-state index >= 15 is 0 Å². The largest absolute Gasteiger partial charge is 0.497 e. The van der Waals surface area contributed by atoms with Crippen molar-refractivity contribution in [2.45, 2.75) is 30.8 Å². The molecule has 1 amide bonds. The molecule has 1 aromatic heterocycles. The lowest BCUT2D eigenvalue weighted by Gasteiger charge is -2.29. The third kappa shape index (κ3) is 5.35. The molecule has 0 bridgehead atoms. The molecular weight excluding hydrogens is 526 g/mol. The van der Waals surface area contributed by atoms with Gasteiger partial charge in [-0.3, -0.25) is 4.79 Å². The number of fused-ring (bicyclic) bond motifs is 1. The van der Waals surface area contributed by atoms with Crippen LogP contribution in [-0.2, 0) is 10.5 Å². The number of hydrogen-bond donors (Lipinski definition) is 2. The fourth-order valence-electron chi connectivity index (χ4n) is 4.69. The summed E-state index contributed by atoms with van der Waals surface area (Å²) < 4.78 is 18.4. The van der Waals surface area contributed by atoms with Crippen molar-refractivity contribution in [1.29, 1.82) is 0 Å². The van der Waals surface area contributed by atoms with Crippen LogP contribution in [0.15, 0.2) is 83.2 Å². The van der Waals surface area contributed by atoms with Gasteiger partial charge in [-0.15, -0.1) is 5.10 Å². The Kier molecular flexibility index (Phi) is 7.97. The SMILES string of the molecule is COc1ccc(NC(=O)C2=C(C)Nc3nc(SCc4ccccc4C)nn3C2c2cccc(OC)c2OC)cc1. The lowest BCUT2D eigenvalue weighted by Crippen LogP contribution is -2.31. The number of nitrogens with one attached hydrogen (secondary N) is 2. The van der Waals surface area contributed by atoms with Crippen molar-refractivity contribution < 1.29 is 19.0 Å². The molecule has 1 aliphatic heterocycles. The number of allylic oxidation sites excluding steroid dienone is 1. The number of carbonyl (C=O) groups is 1. The van der Waals surface area contributed by atoms with Crippen LogP contribution in [0, 0.1) is 6.92 Å². The van der Waals surface area contributed by atoms with Crippen LogP contribution in [0.1, 0.15) is 29.7 Å². The number of anilines is 2. The number of carbonyl (C=O) groups excluding carboxylic acids is 1. The first kappa shape index (κ1) is 27.1. The van der Waals surface area contributed by atoms with E-state index < -0.39 is 6.04 Å². The standard InChI is InChI=1S/C30H31N5O4S/c1-18-9-6-7-10-20(18)17-40-30-33-29-31-19(2)25(28(36)32-21-13-15-22(37-3)16-14-21)26(35(29)34-30)23-11-8-12-24(38-4)27(23)39-5/h6-16,26H,17H2,1-5H3,(H,32,36)(H,31,33,34). The van der Waals surface area contributed by atoms with Gasteiger partial charge in [-0.05, 0) is 55.3 Å². The van der Waals surface area contributed by atoms with Crippen molar-refractivity contribution in [1.82, 2.24) is 14.8 Å². The highest BCUT2D eigenvalue weighted by atomic mass is 32.2. The van der Waals surface area contributed by atoms with Crippen molar-refractivity contribution in [3.8, 4) is 17.2 Å². The van der Waals surface area contributed by atoms with Crippen molar-refractivity contribution in [3.63, 3.8) is 0 Å². The van der Waals surface area contributed by atoms with E-state index in [-0.39, 0.29) is 5.91 Å². The summed E-state index contributed by atoms with van der Waals surface area (Å²) >= 11 is 1.54. The van der Waals surface area contributed by atoms with Crippen LogP contribution in [0.25, 0.3) is 0 Å². The van der Waals surface area contributed by atoms with Crippen molar-refractivity contribution in [3.05, 3.63) is 94.7 Å². The lowest BCUT2D eigenvalue weighted by atomic mass is 9.94. The number of para-hydroxylation sites is 1. The number of nitrogens with zero attached hydrogens (tertiary/aromatic N) is 3. The van der Waals surface area contributed by atoms with Gasteiger partial charge in [0.1, 0.15) is 11.8 Å². The molecule has 1 atom stereocenters. The second-order valence-electron chi connectivity index (χ2n) is 9.21. The summed E-state index contributed by atoms with van der Waals surface area (Å²) in [6.07, 6.45) is 0. The van der Waals surface area contributed by atoms with Gasteiger partial charge in [0.05, 0.1) is 26.9 Å². The highest BCUT2D eigenvalue weighted by Crippen LogP contribution is 2.43. The van der Waals surface area contributed by atoms with E-state index in [1.165, 1.54) is 11.1 Å². The minimum atomic E-state index is -0.625. The molecule has 10 heteroatoms. The molecule has 40 heavy (non-hydrogen) atoms. The van der Waals surface area contributed by atoms with Crippen LogP contribution in [-0.4, -0.2) is 42.0 Å². The van der Waals surface area contributed by atoms with Crippen LogP contribution in [0.2, 0.25) is 0 Å². The molecular formula is C30H31N5O4S. The molecule has 1 aliphatic rings. The first-order valence-electron chi connectivity index (χ1n) is 12.7. The van der Waals surface area contributed by atoms with Gasteiger partial charge in [-0.1, -0.05) is 48.2 Å². The molecule has 0 fully saturated rings. The van der Waals surface area contributed by atoms with Gasteiger partial charge in [-0.2, -0.15) is 4.98 Å². The zero-order valence-corrected chi connectivity index (χ0v) is 23.8. The van der Waals surface area contributed by atoms with Crippen LogP contribution in [0.3, 0.4) is 0 Å². The first-order chi connectivity index (χ1) is 19.4. The monoisotopic (exact) mass is 557 g/mol. The number of aryl methyl sites for hydroxylation is 1. The van der Waals surface area contributed by atoms with Gasteiger partial charge in [0.15, 0.2) is 11.5 Å². The molecule has 0 radical (unpaired) electrons. The smallest absolute Gasteiger partial charge is 0.255 e. The Morgan fingerprint density at radius 1 is 0.975 bits per heavy atom. The molecule has 5 rings (SSSR count). The van der Waals surface area contributed by atoms with Gasteiger partial charge in [0.25, 0.3) is 5.91 Å². The number of benzene rings is 3. The summed E-state index contributed by atoms with van der Waals surface area (Å²) in [5, 5.41) is 11.8. The Hall–Kier alpha value is -4.44. The first-order valence-corrected chi connectivity index (χ1v) is 13.7. The fourth-order valence-corrected chi connectivity index (χ4v) is 5.59. The second kappa shape index (κ2) is 11.7. The molecule has 206 valence electrons. The predicted molar refractivity (Wildman–Crippen MR) is 156 cm³/mol. The van der Waals surface area contributed by atoms with Crippen LogP contribution in [0.5, 0.6) is 17.2 Å². The number of aromatic nitrogens is 3. The van der Waals surface area contributed by atoms with Crippen LogP contribution in [0.4, 0.5) is 11.6 Å². The Balaban J connectivity index is 1.55. The molecule has 2 N–H and O–H groups in total. The number of amides is 1. The van der Waals surface area contributed by atoms with Crippen molar-refractivity contribution in [2.24, 2.45) is 0 Å². The third-order valence-corrected chi connectivity index (χ3v) is 7.66. The van der Waals surface area contributed by atoms with E-state index in [1.807, 2.05) is 37.3 Å². The molecule has 0 spiro atoms. The third-order valence-electron chi connectivity index (χ3n) is 6.77. The quantitative estimate of drug-likeness (QED) is 0.248. The van der Waals surface area contributed by atoms with E-state index in [9.17, 15) is 4.79 Å². The number of rotatable bonds is 9. The van der Waals surface area contributed by atoms with E-state index in [4.69, 9.17) is 24.3 Å². The second-order valence-corrected chi connectivity index (χ2v) is 10.2. The van der Waals surface area contributed by atoms with E-state index in [0.29, 0.717) is 45.3 Å².